The highest BCUT2D eigenvalue weighted by Crippen LogP contribution is 2.34. The van der Waals surface area contributed by atoms with Gasteiger partial charge in [-0.3, -0.25) is 4.79 Å². The number of para-hydroxylation sites is 1. The second-order valence-corrected chi connectivity index (χ2v) is 4.52. The minimum atomic E-state index is -4.47. The molecule has 0 heterocycles. The summed E-state index contributed by atoms with van der Waals surface area (Å²) < 4.78 is 37.6. The molecule has 0 fully saturated rings. The van der Waals surface area contributed by atoms with Gasteiger partial charge in [-0.1, -0.05) is 28.1 Å². The first-order valence-electron chi connectivity index (χ1n) is 4.43. The summed E-state index contributed by atoms with van der Waals surface area (Å²) >= 11 is 2.98. The Morgan fingerprint density at radius 3 is 2.44 bits per heavy atom. The van der Waals surface area contributed by atoms with Crippen LogP contribution in [-0.4, -0.2) is 10.7 Å². The number of hydrogen-bond donors (Lipinski definition) is 1. The van der Waals surface area contributed by atoms with Crippen LogP contribution < -0.4 is 5.32 Å². The number of carbonyl (C=O) groups excluding carboxylic acids is 1. The van der Waals surface area contributed by atoms with Crippen LogP contribution in [0.3, 0.4) is 0 Å². The Hall–Kier alpha value is -1.04. The molecule has 16 heavy (non-hydrogen) atoms. The van der Waals surface area contributed by atoms with Gasteiger partial charge in [0.2, 0.25) is 5.91 Å². The van der Waals surface area contributed by atoms with Crippen molar-refractivity contribution < 1.29 is 18.0 Å². The Morgan fingerprint density at radius 1 is 1.38 bits per heavy atom. The predicted molar refractivity (Wildman–Crippen MR) is 58.5 cm³/mol. The quantitative estimate of drug-likeness (QED) is 0.832. The molecule has 0 aliphatic rings. The molecule has 0 saturated carbocycles. The largest absolute Gasteiger partial charge is 0.418 e. The van der Waals surface area contributed by atoms with Crippen LogP contribution in [0.1, 0.15) is 12.5 Å². The van der Waals surface area contributed by atoms with E-state index in [0.29, 0.717) is 0 Å². The molecule has 1 atom stereocenters. The number of benzene rings is 1. The van der Waals surface area contributed by atoms with Crippen molar-refractivity contribution in [2.24, 2.45) is 0 Å². The maximum absolute atomic E-state index is 12.5. The van der Waals surface area contributed by atoms with Gasteiger partial charge in [0.15, 0.2) is 0 Å². The van der Waals surface area contributed by atoms with Gasteiger partial charge in [0.1, 0.15) is 0 Å². The molecule has 1 rings (SSSR count). The fourth-order valence-electron chi connectivity index (χ4n) is 1.07. The van der Waals surface area contributed by atoms with E-state index >= 15 is 0 Å². The molecule has 88 valence electrons. The van der Waals surface area contributed by atoms with E-state index in [4.69, 9.17) is 0 Å². The van der Waals surface area contributed by atoms with Gasteiger partial charge >= 0.3 is 6.18 Å². The highest BCUT2D eigenvalue weighted by atomic mass is 79.9. The van der Waals surface area contributed by atoms with Crippen LogP contribution in [-0.2, 0) is 11.0 Å². The molecule has 0 aliphatic carbocycles. The van der Waals surface area contributed by atoms with Crippen molar-refractivity contribution in [3.63, 3.8) is 0 Å². The Kier molecular flexibility index (Phi) is 3.96. The first kappa shape index (κ1) is 13.0. The van der Waals surface area contributed by atoms with E-state index in [9.17, 15) is 18.0 Å². The zero-order chi connectivity index (χ0) is 12.3. The highest BCUT2D eigenvalue weighted by Gasteiger charge is 2.33. The number of halogens is 4. The van der Waals surface area contributed by atoms with Crippen LogP contribution in [0.15, 0.2) is 24.3 Å². The van der Waals surface area contributed by atoms with Crippen LogP contribution in [0.4, 0.5) is 18.9 Å². The molecule has 0 aromatic heterocycles. The maximum atomic E-state index is 12.5. The standard InChI is InChI=1S/C10H9BrF3NO/c1-6(11)9(16)15-8-5-3-2-4-7(8)10(12,13)14/h2-6H,1H3,(H,15,16). The average Bonchev–Trinajstić information content (AvgIpc) is 2.16. The smallest absolute Gasteiger partial charge is 0.325 e. The summed E-state index contributed by atoms with van der Waals surface area (Å²) in [5.74, 6) is -0.517. The fraction of sp³-hybridized carbons (Fsp3) is 0.300. The molecule has 2 nitrogen and oxygen atoms in total. The number of anilines is 1. The van der Waals surface area contributed by atoms with Crippen molar-refractivity contribution in [3.8, 4) is 0 Å². The first-order valence-corrected chi connectivity index (χ1v) is 5.35. The Labute approximate surface area is 99.0 Å². The lowest BCUT2D eigenvalue weighted by atomic mass is 10.1. The van der Waals surface area contributed by atoms with Crippen LogP contribution in [0.2, 0.25) is 0 Å². The molecular weight excluding hydrogens is 287 g/mol. The van der Waals surface area contributed by atoms with E-state index in [1.165, 1.54) is 25.1 Å². The average molecular weight is 296 g/mol. The molecule has 0 saturated heterocycles. The summed E-state index contributed by atoms with van der Waals surface area (Å²) in [7, 11) is 0. The van der Waals surface area contributed by atoms with Crippen LogP contribution in [0, 0.1) is 0 Å². The van der Waals surface area contributed by atoms with Crippen molar-refractivity contribution in [2.45, 2.75) is 17.9 Å². The number of carbonyl (C=O) groups is 1. The molecule has 0 radical (unpaired) electrons. The monoisotopic (exact) mass is 295 g/mol. The van der Waals surface area contributed by atoms with Crippen molar-refractivity contribution in [3.05, 3.63) is 29.8 Å². The summed E-state index contributed by atoms with van der Waals surface area (Å²) in [5.41, 5.74) is -1.08. The normalized spacial score (nSPS) is 13.3. The molecule has 1 unspecified atom stereocenters. The van der Waals surface area contributed by atoms with Gasteiger partial charge in [0, 0.05) is 0 Å². The molecule has 0 aliphatic heterocycles. The summed E-state index contributed by atoms with van der Waals surface area (Å²) in [6, 6.07) is 4.85. The molecule has 1 aromatic rings. The fourth-order valence-corrected chi connectivity index (χ4v) is 1.19. The van der Waals surface area contributed by atoms with Gasteiger partial charge in [0.25, 0.3) is 0 Å². The lowest BCUT2D eigenvalue weighted by Gasteiger charge is -2.14. The van der Waals surface area contributed by atoms with Crippen LogP contribution in [0.5, 0.6) is 0 Å². The van der Waals surface area contributed by atoms with Crippen molar-refractivity contribution in [1.82, 2.24) is 0 Å². The topological polar surface area (TPSA) is 29.1 Å². The number of rotatable bonds is 2. The lowest BCUT2D eigenvalue weighted by Crippen LogP contribution is -2.22. The Bertz CT molecular complexity index is 390. The van der Waals surface area contributed by atoms with E-state index in [1.54, 1.807) is 0 Å². The molecule has 6 heteroatoms. The number of amides is 1. The molecule has 0 bridgehead atoms. The third kappa shape index (κ3) is 3.23. The maximum Gasteiger partial charge on any atom is 0.418 e. The highest BCUT2D eigenvalue weighted by molar-refractivity contribution is 9.10. The van der Waals surface area contributed by atoms with Gasteiger partial charge in [-0.15, -0.1) is 0 Å². The van der Waals surface area contributed by atoms with Crippen LogP contribution >= 0.6 is 15.9 Å². The minimum absolute atomic E-state index is 0.230. The predicted octanol–water partition coefficient (Wildman–Crippen LogP) is 3.43. The van der Waals surface area contributed by atoms with E-state index in [0.717, 1.165) is 6.07 Å². The zero-order valence-electron chi connectivity index (χ0n) is 8.31. The SMILES string of the molecule is CC(Br)C(=O)Nc1ccccc1C(F)(F)F. The molecule has 1 aromatic carbocycles. The van der Waals surface area contributed by atoms with E-state index < -0.39 is 22.5 Å². The number of nitrogens with one attached hydrogen (secondary N) is 1. The number of hydrogen-bond acceptors (Lipinski definition) is 1. The van der Waals surface area contributed by atoms with Gasteiger partial charge < -0.3 is 5.32 Å². The second-order valence-electron chi connectivity index (χ2n) is 3.15. The Morgan fingerprint density at radius 2 is 1.94 bits per heavy atom. The third-order valence-electron chi connectivity index (χ3n) is 1.85. The molecular formula is C10H9BrF3NO. The zero-order valence-corrected chi connectivity index (χ0v) is 9.89. The van der Waals surface area contributed by atoms with Gasteiger partial charge in [0.05, 0.1) is 16.1 Å². The molecule has 1 amide bonds. The summed E-state index contributed by atoms with van der Waals surface area (Å²) in [6.07, 6.45) is -4.47. The lowest BCUT2D eigenvalue weighted by molar-refractivity contribution is -0.137. The first-order chi connectivity index (χ1) is 7.32. The van der Waals surface area contributed by atoms with E-state index in [2.05, 4.69) is 21.2 Å². The molecule has 1 N–H and O–H groups in total. The van der Waals surface area contributed by atoms with Crippen molar-refractivity contribution in [2.75, 3.05) is 5.32 Å². The van der Waals surface area contributed by atoms with Crippen molar-refractivity contribution in [1.29, 1.82) is 0 Å². The Balaban J connectivity index is 3.01. The number of alkyl halides is 4. The van der Waals surface area contributed by atoms with E-state index in [1.807, 2.05) is 0 Å². The van der Waals surface area contributed by atoms with Crippen LogP contribution in [0.25, 0.3) is 0 Å². The summed E-state index contributed by atoms with van der Waals surface area (Å²) in [6.45, 7) is 1.53. The van der Waals surface area contributed by atoms with Crippen molar-refractivity contribution >= 4 is 27.5 Å². The summed E-state index contributed by atoms with van der Waals surface area (Å²) in [5, 5.41) is 2.21. The minimum Gasteiger partial charge on any atom is -0.325 e. The van der Waals surface area contributed by atoms with E-state index in [-0.39, 0.29) is 5.69 Å². The third-order valence-corrected chi connectivity index (χ3v) is 2.27. The van der Waals surface area contributed by atoms with Gasteiger partial charge in [-0.05, 0) is 19.1 Å². The molecule has 0 spiro atoms. The van der Waals surface area contributed by atoms with Gasteiger partial charge in [-0.2, -0.15) is 13.2 Å². The second kappa shape index (κ2) is 4.86. The van der Waals surface area contributed by atoms with Gasteiger partial charge in [-0.25, -0.2) is 0 Å². The summed E-state index contributed by atoms with van der Waals surface area (Å²) in [4.78, 5) is 10.7.